The van der Waals surface area contributed by atoms with Crippen LogP contribution in [0.15, 0.2) is 18.2 Å². The van der Waals surface area contributed by atoms with Gasteiger partial charge in [0.05, 0.1) is 12.0 Å². The van der Waals surface area contributed by atoms with E-state index >= 15 is 0 Å². The van der Waals surface area contributed by atoms with Gasteiger partial charge < -0.3 is 15.4 Å². The predicted octanol–water partition coefficient (Wildman–Crippen LogP) is 3.34. The van der Waals surface area contributed by atoms with E-state index in [1.165, 1.54) is 12.8 Å². The Balaban J connectivity index is 1.64. The topological polar surface area (TPSA) is 50.4 Å². The zero-order chi connectivity index (χ0) is 16.2. The predicted molar refractivity (Wildman–Crippen MR) is 95.7 cm³/mol. The van der Waals surface area contributed by atoms with Crippen molar-refractivity contribution in [1.82, 2.24) is 10.6 Å². The molecule has 1 amide bonds. The van der Waals surface area contributed by atoms with Gasteiger partial charge in [-0.3, -0.25) is 4.79 Å². The quantitative estimate of drug-likeness (QED) is 0.883. The third-order valence-electron chi connectivity index (χ3n) is 4.59. The van der Waals surface area contributed by atoms with Crippen molar-refractivity contribution in [3.8, 4) is 5.75 Å². The van der Waals surface area contributed by atoms with Gasteiger partial charge in [0.2, 0.25) is 0 Å². The number of aryl methyl sites for hydroxylation is 1. The van der Waals surface area contributed by atoms with Crippen LogP contribution in [0, 0.1) is 12.8 Å². The summed E-state index contributed by atoms with van der Waals surface area (Å²) in [6.07, 6.45) is 3.57. The second-order valence-corrected chi connectivity index (χ2v) is 7.23. The molecule has 3 rings (SSSR count). The average Bonchev–Trinajstić information content (AvgIpc) is 2.92. The Kier molecular flexibility index (Phi) is 5.18. The number of thiophene rings is 1. The van der Waals surface area contributed by atoms with Crippen molar-refractivity contribution in [2.24, 2.45) is 5.92 Å². The lowest BCUT2D eigenvalue weighted by atomic mass is 9.96. The Morgan fingerprint density at radius 2 is 2.35 bits per heavy atom. The van der Waals surface area contributed by atoms with E-state index in [1.807, 2.05) is 25.1 Å². The van der Waals surface area contributed by atoms with E-state index in [0.29, 0.717) is 5.92 Å². The van der Waals surface area contributed by atoms with Crippen LogP contribution in [0.25, 0.3) is 10.1 Å². The van der Waals surface area contributed by atoms with Gasteiger partial charge in [0.1, 0.15) is 5.75 Å². The van der Waals surface area contributed by atoms with Crippen LogP contribution >= 0.6 is 11.3 Å². The summed E-state index contributed by atoms with van der Waals surface area (Å²) in [6.45, 7) is 4.98. The lowest BCUT2D eigenvalue weighted by molar-refractivity contribution is 0.0954. The Labute approximate surface area is 141 Å². The highest BCUT2D eigenvalue weighted by molar-refractivity contribution is 7.21. The summed E-state index contributed by atoms with van der Waals surface area (Å²) >= 11 is 1.56. The van der Waals surface area contributed by atoms with Gasteiger partial charge in [-0.1, -0.05) is 0 Å². The van der Waals surface area contributed by atoms with Gasteiger partial charge in [-0.15, -0.1) is 11.3 Å². The summed E-state index contributed by atoms with van der Waals surface area (Å²) in [6, 6.07) is 5.97. The highest BCUT2D eigenvalue weighted by Crippen LogP contribution is 2.33. The third kappa shape index (κ3) is 3.67. The van der Waals surface area contributed by atoms with Gasteiger partial charge in [-0.05, 0) is 74.3 Å². The molecule has 1 aromatic carbocycles. The molecule has 23 heavy (non-hydrogen) atoms. The molecule has 1 aromatic heterocycles. The van der Waals surface area contributed by atoms with E-state index in [-0.39, 0.29) is 5.91 Å². The molecule has 1 atom stereocenters. The number of carbonyl (C=O) groups is 1. The number of amides is 1. The monoisotopic (exact) mass is 332 g/mol. The maximum atomic E-state index is 12.5. The molecule has 0 radical (unpaired) electrons. The number of methoxy groups -OCH3 is 1. The fraction of sp³-hybridized carbons (Fsp3) is 0.500. The molecule has 0 saturated carbocycles. The number of benzene rings is 1. The van der Waals surface area contributed by atoms with E-state index in [4.69, 9.17) is 4.74 Å². The molecular formula is C18H24N2O2S. The minimum atomic E-state index is 0.0476. The van der Waals surface area contributed by atoms with Crippen molar-refractivity contribution < 1.29 is 9.53 Å². The van der Waals surface area contributed by atoms with Crippen LogP contribution < -0.4 is 15.4 Å². The lowest BCUT2D eigenvalue weighted by Gasteiger charge is -2.22. The van der Waals surface area contributed by atoms with Crippen LogP contribution in [0.5, 0.6) is 5.75 Å². The number of hydrogen-bond acceptors (Lipinski definition) is 4. The smallest absolute Gasteiger partial charge is 0.261 e. The Morgan fingerprint density at radius 1 is 1.48 bits per heavy atom. The number of hydrogen-bond donors (Lipinski definition) is 2. The van der Waals surface area contributed by atoms with Gasteiger partial charge in [0.25, 0.3) is 5.91 Å². The van der Waals surface area contributed by atoms with Crippen LogP contribution in [0.1, 0.15) is 34.5 Å². The fourth-order valence-electron chi connectivity index (χ4n) is 3.18. The normalized spacial score (nSPS) is 18.1. The van der Waals surface area contributed by atoms with Crippen LogP contribution in [-0.2, 0) is 0 Å². The first-order chi connectivity index (χ1) is 11.2. The van der Waals surface area contributed by atoms with Crippen molar-refractivity contribution in [2.75, 3.05) is 26.7 Å². The molecule has 1 fully saturated rings. The number of fused-ring (bicyclic) bond motifs is 1. The summed E-state index contributed by atoms with van der Waals surface area (Å²) in [4.78, 5) is 13.3. The number of carbonyl (C=O) groups excluding carboxylic acids is 1. The molecule has 0 aliphatic carbocycles. The molecule has 1 aliphatic rings. The molecule has 5 heteroatoms. The molecule has 1 unspecified atom stereocenters. The van der Waals surface area contributed by atoms with E-state index in [9.17, 15) is 4.79 Å². The molecule has 2 N–H and O–H groups in total. The minimum absolute atomic E-state index is 0.0476. The first kappa shape index (κ1) is 16.3. The molecule has 0 spiro atoms. The van der Waals surface area contributed by atoms with Crippen molar-refractivity contribution in [2.45, 2.75) is 26.2 Å². The second kappa shape index (κ2) is 7.32. The molecule has 0 bridgehead atoms. The standard InChI is InChI=1S/C18H24N2O2S/c1-12-15-10-14(22-2)5-6-16(15)23-17(12)18(21)20-9-7-13-4-3-8-19-11-13/h5-6,10,13,19H,3-4,7-9,11H2,1-2H3,(H,20,21). The van der Waals surface area contributed by atoms with Crippen LogP contribution in [0.3, 0.4) is 0 Å². The van der Waals surface area contributed by atoms with E-state index < -0.39 is 0 Å². The molecule has 1 saturated heterocycles. The molecule has 1 aliphatic heterocycles. The minimum Gasteiger partial charge on any atom is -0.497 e. The van der Waals surface area contributed by atoms with E-state index in [0.717, 1.165) is 52.3 Å². The van der Waals surface area contributed by atoms with E-state index in [2.05, 4.69) is 10.6 Å². The molecule has 2 aromatic rings. The van der Waals surface area contributed by atoms with Gasteiger partial charge in [0, 0.05) is 11.2 Å². The second-order valence-electron chi connectivity index (χ2n) is 6.18. The zero-order valence-electron chi connectivity index (χ0n) is 13.8. The van der Waals surface area contributed by atoms with Crippen molar-refractivity contribution >= 4 is 27.3 Å². The van der Waals surface area contributed by atoms with Crippen LogP contribution in [-0.4, -0.2) is 32.7 Å². The number of nitrogens with one attached hydrogen (secondary N) is 2. The largest absolute Gasteiger partial charge is 0.497 e. The van der Waals surface area contributed by atoms with Crippen molar-refractivity contribution in [1.29, 1.82) is 0 Å². The summed E-state index contributed by atoms with van der Waals surface area (Å²) in [5, 5.41) is 7.62. The summed E-state index contributed by atoms with van der Waals surface area (Å²) in [5.74, 6) is 1.57. The van der Waals surface area contributed by atoms with Gasteiger partial charge >= 0.3 is 0 Å². The maximum absolute atomic E-state index is 12.5. The average molecular weight is 332 g/mol. The highest BCUT2D eigenvalue weighted by atomic mass is 32.1. The van der Waals surface area contributed by atoms with Crippen molar-refractivity contribution in [3.63, 3.8) is 0 Å². The molecule has 2 heterocycles. The number of piperidine rings is 1. The molecule has 124 valence electrons. The Morgan fingerprint density at radius 3 is 3.09 bits per heavy atom. The summed E-state index contributed by atoms with van der Waals surface area (Å²) in [7, 11) is 1.66. The first-order valence-electron chi connectivity index (χ1n) is 8.25. The van der Waals surface area contributed by atoms with Gasteiger partial charge in [-0.25, -0.2) is 0 Å². The Hall–Kier alpha value is -1.59. The maximum Gasteiger partial charge on any atom is 0.261 e. The summed E-state index contributed by atoms with van der Waals surface area (Å²) < 4.78 is 6.41. The number of rotatable bonds is 5. The van der Waals surface area contributed by atoms with Gasteiger partial charge in [0.15, 0.2) is 0 Å². The highest BCUT2D eigenvalue weighted by Gasteiger charge is 2.17. The van der Waals surface area contributed by atoms with E-state index in [1.54, 1.807) is 18.4 Å². The fourth-order valence-corrected chi connectivity index (χ4v) is 4.29. The SMILES string of the molecule is COc1ccc2sc(C(=O)NCCC3CCCNC3)c(C)c2c1. The molecule has 4 nitrogen and oxygen atoms in total. The molecular weight excluding hydrogens is 308 g/mol. The number of ether oxygens (including phenoxy) is 1. The van der Waals surface area contributed by atoms with Gasteiger partial charge in [-0.2, -0.15) is 0 Å². The lowest BCUT2D eigenvalue weighted by Crippen LogP contribution is -2.33. The third-order valence-corrected chi connectivity index (χ3v) is 5.86. The first-order valence-corrected chi connectivity index (χ1v) is 9.06. The summed E-state index contributed by atoms with van der Waals surface area (Å²) in [5.41, 5.74) is 1.04. The van der Waals surface area contributed by atoms with Crippen molar-refractivity contribution in [3.05, 3.63) is 28.6 Å². The van der Waals surface area contributed by atoms with Crippen LogP contribution in [0.4, 0.5) is 0 Å². The Bertz CT molecular complexity index is 690. The van der Waals surface area contributed by atoms with Crippen LogP contribution in [0.2, 0.25) is 0 Å². The zero-order valence-corrected chi connectivity index (χ0v) is 14.6.